The lowest BCUT2D eigenvalue weighted by molar-refractivity contribution is -0.135. The van der Waals surface area contributed by atoms with Crippen LogP contribution < -0.4 is 5.73 Å². The van der Waals surface area contributed by atoms with Gasteiger partial charge >= 0.3 is 0 Å². The van der Waals surface area contributed by atoms with Crippen LogP contribution >= 0.6 is 11.6 Å². The molecular formula is C21H25ClN2O. The Kier molecular flexibility index (Phi) is 5.45. The third-order valence-electron chi connectivity index (χ3n) is 4.90. The Morgan fingerprint density at radius 2 is 1.88 bits per heavy atom. The molecule has 2 aromatic rings. The number of carbonyl (C=O) groups is 1. The third-order valence-corrected chi connectivity index (χ3v) is 5.14. The molecule has 2 atom stereocenters. The van der Waals surface area contributed by atoms with Crippen LogP contribution in [0.4, 0.5) is 0 Å². The summed E-state index contributed by atoms with van der Waals surface area (Å²) in [6.07, 6.45) is 1.66. The number of benzene rings is 2. The molecule has 25 heavy (non-hydrogen) atoms. The quantitative estimate of drug-likeness (QED) is 0.895. The maximum atomic E-state index is 12.5. The number of nitrogens with two attached hydrogens (primary N) is 1. The molecule has 1 saturated heterocycles. The maximum absolute atomic E-state index is 12.5. The van der Waals surface area contributed by atoms with Crippen molar-refractivity contribution in [1.29, 1.82) is 0 Å². The summed E-state index contributed by atoms with van der Waals surface area (Å²) in [5.41, 5.74) is 9.74. The number of rotatable bonds is 4. The number of amides is 1. The summed E-state index contributed by atoms with van der Waals surface area (Å²) in [6.45, 7) is 4.66. The van der Waals surface area contributed by atoms with E-state index in [2.05, 4.69) is 30.3 Å². The summed E-state index contributed by atoms with van der Waals surface area (Å²) >= 11 is 6.11. The van der Waals surface area contributed by atoms with E-state index in [1.807, 2.05) is 36.9 Å². The first-order chi connectivity index (χ1) is 12.0. The molecule has 0 radical (unpaired) electrons. The van der Waals surface area contributed by atoms with Crippen LogP contribution in [-0.4, -0.2) is 29.4 Å². The molecule has 1 fully saturated rings. The van der Waals surface area contributed by atoms with Gasteiger partial charge in [0.2, 0.25) is 5.91 Å². The smallest absolute Gasteiger partial charge is 0.225 e. The zero-order chi connectivity index (χ0) is 18.0. The summed E-state index contributed by atoms with van der Waals surface area (Å²) in [5, 5.41) is 0.731. The molecule has 3 rings (SSSR count). The number of likely N-dealkylation sites (tertiary alicyclic amines) is 1. The molecule has 1 aliphatic rings. The molecule has 1 aliphatic heterocycles. The van der Waals surface area contributed by atoms with E-state index in [4.69, 9.17) is 17.3 Å². The van der Waals surface area contributed by atoms with E-state index in [0.29, 0.717) is 0 Å². The zero-order valence-corrected chi connectivity index (χ0v) is 15.5. The highest BCUT2D eigenvalue weighted by Crippen LogP contribution is 2.26. The topological polar surface area (TPSA) is 46.3 Å². The van der Waals surface area contributed by atoms with E-state index in [-0.39, 0.29) is 23.9 Å². The van der Waals surface area contributed by atoms with Crippen molar-refractivity contribution in [2.75, 3.05) is 6.54 Å². The summed E-state index contributed by atoms with van der Waals surface area (Å²) in [5.74, 6) is 0.203. The van der Waals surface area contributed by atoms with Gasteiger partial charge in [-0.15, -0.1) is 0 Å². The van der Waals surface area contributed by atoms with Gasteiger partial charge < -0.3 is 10.6 Å². The van der Waals surface area contributed by atoms with Crippen molar-refractivity contribution in [3.05, 3.63) is 59.1 Å². The number of nitrogens with zero attached hydrogens (tertiary/aromatic N) is 1. The van der Waals surface area contributed by atoms with Crippen molar-refractivity contribution in [1.82, 2.24) is 4.90 Å². The van der Waals surface area contributed by atoms with Gasteiger partial charge in [-0.05, 0) is 41.7 Å². The van der Waals surface area contributed by atoms with Gasteiger partial charge in [0, 0.05) is 23.5 Å². The number of hydrogen-bond acceptors (Lipinski definition) is 2. The Balaban J connectivity index is 1.82. The molecule has 4 heteroatoms. The molecule has 2 aromatic carbocycles. The Morgan fingerprint density at radius 3 is 2.56 bits per heavy atom. The van der Waals surface area contributed by atoms with Gasteiger partial charge in [-0.1, -0.05) is 61.8 Å². The lowest BCUT2D eigenvalue weighted by Gasteiger charge is -2.28. The fourth-order valence-corrected chi connectivity index (χ4v) is 3.72. The lowest BCUT2D eigenvalue weighted by atomic mass is 9.96. The van der Waals surface area contributed by atoms with E-state index in [1.54, 1.807) is 0 Å². The minimum absolute atomic E-state index is 0.00518. The maximum Gasteiger partial charge on any atom is 0.225 e. The van der Waals surface area contributed by atoms with Crippen molar-refractivity contribution in [3.63, 3.8) is 0 Å². The van der Waals surface area contributed by atoms with Crippen LogP contribution in [-0.2, 0) is 11.2 Å². The number of halogens is 1. The van der Waals surface area contributed by atoms with Crippen molar-refractivity contribution in [2.45, 2.75) is 38.8 Å². The SMILES string of the molecule is CC(C)C(=O)N1CCC(N)C1Cc1cccc(-c2cccc(Cl)c2)c1. The fourth-order valence-electron chi connectivity index (χ4n) is 3.53. The lowest BCUT2D eigenvalue weighted by Crippen LogP contribution is -2.45. The predicted molar refractivity (Wildman–Crippen MR) is 104 cm³/mol. The second-order valence-corrected chi connectivity index (χ2v) is 7.56. The molecule has 0 spiro atoms. The third kappa shape index (κ3) is 4.05. The molecule has 0 bridgehead atoms. The summed E-state index contributed by atoms with van der Waals surface area (Å²) in [7, 11) is 0. The van der Waals surface area contributed by atoms with Gasteiger partial charge in [-0.3, -0.25) is 4.79 Å². The molecular weight excluding hydrogens is 332 g/mol. The van der Waals surface area contributed by atoms with Gasteiger partial charge in [-0.2, -0.15) is 0 Å². The molecule has 0 aromatic heterocycles. The largest absolute Gasteiger partial charge is 0.338 e. The summed E-state index contributed by atoms with van der Waals surface area (Å²) in [6, 6.07) is 16.4. The summed E-state index contributed by atoms with van der Waals surface area (Å²) in [4.78, 5) is 14.4. The Morgan fingerprint density at radius 1 is 1.20 bits per heavy atom. The number of hydrogen-bond donors (Lipinski definition) is 1. The molecule has 1 heterocycles. The van der Waals surface area contributed by atoms with Crippen LogP contribution in [0.1, 0.15) is 25.8 Å². The summed E-state index contributed by atoms with van der Waals surface area (Å²) < 4.78 is 0. The van der Waals surface area contributed by atoms with Crippen LogP contribution in [0, 0.1) is 5.92 Å². The van der Waals surface area contributed by atoms with Gasteiger partial charge in [0.05, 0.1) is 6.04 Å². The van der Waals surface area contributed by atoms with Crippen LogP contribution in [0.3, 0.4) is 0 Å². The molecule has 132 valence electrons. The standard InChI is InChI=1S/C21H25ClN2O/c1-14(2)21(25)24-10-9-19(23)20(24)12-15-5-3-6-16(11-15)17-7-4-8-18(22)13-17/h3-8,11,13-14,19-20H,9-10,12,23H2,1-2H3. The zero-order valence-electron chi connectivity index (χ0n) is 14.8. The Labute approximate surface area is 154 Å². The molecule has 1 amide bonds. The van der Waals surface area contributed by atoms with Crippen LogP contribution in [0.5, 0.6) is 0 Å². The normalized spacial score (nSPS) is 20.3. The molecule has 2 N–H and O–H groups in total. The van der Waals surface area contributed by atoms with E-state index in [1.165, 1.54) is 5.56 Å². The monoisotopic (exact) mass is 356 g/mol. The van der Waals surface area contributed by atoms with Crippen molar-refractivity contribution in [2.24, 2.45) is 11.7 Å². The van der Waals surface area contributed by atoms with E-state index >= 15 is 0 Å². The first-order valence-corrected chi connectivity index (χ1v) is 9.24. The van der Waals surface area contributed by atoms with E-state index in [0.717, 1.165) is 35.5 Å². The van der Waals surface area contributed by atoms with Gasteiger partial charge in [0.15, 0.2) is 0 Å². The molecule has 0 aliphatic carbocycles. The molecule has 3 nitrogen and oxygen atoms in total. The Hall–Kier alpha value is -1.84. The highest BCUT2D eigenvalue weighted by molar-refractivity contribution is 6.30. The van der Waals surface area contributed by atoms with E-state index in [9.17, 15) is 4.79 Å². The second kappa shape index (κ2) is 7.59. The first-order valence-electron chi connectivity index (χ1n) is 8.86. The number of carbonyl (C=O) groups excluding carboxylic acids is 1. The van der Waals surface area contributed by atoms with Crippen LogP contribution in [0.15, 0.2) is 48.5 Å². The van der Waals surface area contributed by atoms with Crippen molar-refractivity contribution >= 4 is 17.5 Å². The second-order valence-electron chi connectivity index (χ2n) is 7.12. The fraction of sp³-hybridized carbons (Fsp3) is 0.381. The van der Waals surface area contributed by atoms with Gasteiger partial charge in [0.25, 0.3) is 0 Å². The Bertz CT molecular complexity index is 759. The molecule has 2 unspecified atom stereocenters. The average Bonchev–Trinajstić information content (AvgIpc) is 2.95. The van der Waals surface area contributed by atoms with Gasteiger partial charge in [0.1, 0.15) is 0 Å². The minimum Gasteiger partial charge on any atom is -0.338 e. The van der Waals surface area contributed by atoms with Gasteiger partial charge in [-0.25, -0.2) is 0 Å². The minimum atomic E-state index is 0.00518. The highest BCUT2D eigenvalue weighted by atomic mass is 35.5. The van der Waals surface area contributed by atoms with Crippen molar-refractivity contribution < 1.29 is 4.79 Å². The van der Waals surface area contributed by atoms with Crippen molar-refractivity contribution in [3.8, 4) is 11.1 Å². The predicted octanol–water partition coefficient (Wildman–Crippen LogP) is 4.13. The first kappa shape index (κ1) is 18.0. The van der Waals surface area contributed by atoms with Crippen LogP contribution in [0.2, 0.25) is 5.02 Å². The average molecular weight is 357 g/mol. The van der Waals surface area contributed by atoms with E-state index < -0.39 is 0 Å². The molecule has 0 saturated carbocycles. The van der Waals surface area contributed by atoms with Crippen LogP contribution in [0.25, 0.3) is 11.1 Å². The highest BCUT2D eigenvalue weighted by Gasteiger charge is 2.35.